The molecule has 1 fully saturated rings. The Labute approximate surface area is 173 Å². The van der Waals surface area contributed by atoms with E-state index in [1.54, 1.807) is 0 Å². The predicted molar refractivity (Wildman–Crippen MR) is 120 cm³/mol. The summed E-state index contributed by atoms with van der Waals surface area (Å²) in [5.74, 6) is 0.999. The minimum absolute atomic E-state index is 0.0683. The molecule has 1 saturated heterocycles. The lowest BCUT2D eigenvalue weighted by Gasteiger charge is -2.38. The number of hydrogen-bond donors (Lipinski definition) is 1. The summed E-state index contributed by atoms with van der Waals surface area (Å²) in [5.41, 5.74) is 2.86. The Morgan fingerprint density at radius 1 is 1.21 bits per heavy atom. The van der Waals surface area contributed by atoms with Crippen LogP contribution in [0.2, 0.25) is 0 Å². The van der Waals surface area contributed by atoms with Gasteiger partial charge in [0.15, 0.2) is 5.96 Å². The Bertz CT molecular complexity index is 751. The first-order chi connectivity index (χ1) is 13.6. The van der Waals surface area contributed by atoms with Crippen molar-refractivity contribution in [3.05, 3.63) is 57.8 Å². The van der Waals surface area contributed by atoms with Gasteiger partial charge in [-0.15, -0.1) is 11.3 Å². The number of guanidine groups is 1. The van der Waals surface area contributed by atoms with Crippen LogP contribution < -0.4 is 5.32 Å². The minimum Gasteiger partial charge on any atom is -0.381 e. The molecular weight excluding hydrogens is 366 g/mol. The van der Waals surface area contributed by atoms with Crippen LogP contribution in [0.3, 0.4) is 0 Å². The molecule has 0 aliphatic carbocycles. The molecule has 0 unspecified atom stereocenters. The van der Waals surface area contributed by atoms with Gasteiger partial charge < -0.3 is 15.0 Å². The number of nitrogens with one attached hydrogen (secondary N) is 1. The largest absolute Gasteiger partial charge is 0.381 e. The maximum Gasteiger partial charge on any atom is 0.193 e. The van der Waals surface area contributed by atoms with Gasteiger partial charge in [0.25, 0.3) is 0 Å². The lowest BCUT2D eigenvalue weighted by atomic mass is 9.72. The van der Waals surface area contributed by atoms with Crippen LogP contribution in [-0.4, -0.2) is 50.8 Å². The number of likely N-dealkylation sites (N-methyl/N-ethyl adjacent to an activating group) is 1. The smallest absolute Gasteiger partial charge is 0.193 e. The molecule has 1 N–H and O–H groups in total. The van der Waals surface area contributed by atoms with Crippen LogP contribution in [0.25, 0.3) is 0 Å². The Balaban J connectivity index is 1.77. The molecule has 0 bridgehead atoms. The van der Waals surface area contributed by atoms with Crippen molar-refractivity contribution < 1.29 is 4.74 Å². The highest BCUT2D eigenvalue weighted by Gasteiger charge is 2.35. The monoisotopic (exact) mass is 399 g/mol. The summed E-state index contributed by atoms with van der Waals surface area (Å²) in [6.07, 6.45) is 3.11. The topological polar surface area (TPSA) is 36.9 Å². The fraction of sp³-hybridized carbons (Fsp3) is 0.522. The number of benzene rings is 1. The molecule has 1 aromatic carbocycles. The molecule has 0 spiro atoms. The van der Waals surface area contributed by atoms with E-state index in [0.717, 1.165) is 58.1 Å². The standard InChI is InChI=1S/C23H33N3OS/c1-4-24-22(26(3)14-11-20-9-7-17-28-20)25-18-23(12-15-27-16-13-23)21-10-6-5-8-19(21)2/h5-10,17H,4,11-16,18H2,1-3H3,(H,24,25). The van der Waals surface area contributed by atoms with Gasteiger partial charge in [-0.2, -0.15) is 0 Å². The second-order valence-corrected chi connectivity index (χ2v) is 8.66. The molecule has 2 heterocycles. The number of aliphatic imine (C=N–C) groups is 1. The lowest BCUT2D eigenvalue weighted by Crippen LogP contribution is -2.42. The predicted octanol–water partition coefficient (Wildman–Crippen LogP) is 4.24. The van der Waals surface area contributed by atoms with Crippen molar-refractivity contribution in [2.45, 2.75) is 38.5 Å². The van der Waals surface area contributed by atoms with E-state index < -0.39 is 0 Å². The average Bonchev–Trinajstić information content (AvgIpc) is 3.24. The van der Waals surface area contributed by atoms with E-state index in [0.29, 0.717) is 0 Å². The first-order valence-corrected chi connectivity index (χ1v) is 11.2. The van der Waals surface area contributed by atoms with Crippen molar-refractivity contribution in [3.63, 3.8) is 0 Å². The third-order valence-electron chi connectivity index (χ3n) is 5.67. The lowest BCUT2D eigenvalue weighted by molar-refractivity contribution is 0.0528. The van der Waals surface area contributed by atoms with Gasteiger partial charge in [-0.25, -0.2) is 0 Å². The van der Waals surface area contributed by atoms with Gasteiger partial charge in [0.1, 0.15) is 0 Å². The van der Waals surface area contributed by atoms with Gasteiger partial charge in [0.2, 0.25) is 0 Å². The maximum absolute atomic E-state index is 5.69. The van der Waals surface area contributed by atoms with Crippen LogP contribution in [-0.2, 0) is 16.6 Å². The van der Waals surface area contributed by atoms with Crippen molar-refractivity contribution in [3.8, 4) is 0 Å². The molecule has 3 rings (SSSR count). The van der Waals surface area contributed by atoms with Crippen LogP contribution in [0.4, 0.5) is 0 Å². The molecule has 0 saturated carbocycles. The van der Waals surface area contributed by atoms with E-state index >= 15 is 0 Å². The number of thiophene rings is 1. The van der Waals surface area contributed by atoms with E-state index in [9.17, 15) is 0 Å². The zero-order valence-electron chi connectivity index (χ0n) is 17.4. The van der Waals surface area contributed by atoms with Gasteiger partial charge in [-0.05, 0) is 55.7 Å². The molecule has 1 aromatic heterocycles. The fourth-order valence-electron chi connectivity index (χ4n) is 3.98. The molecule has 0 amide bonds. The van der Waals surface area contributed by atoms with Crippen LogP contribution in [0.15, 0.2) is 46.8 Å². The van der Waals surface area contributed by atoms with E-state index in [1.165, 1.54) is 16.0 Å². The van der Waals surface area contributed by atoms with Crippen LogP contribution in [0.5, 0.6) is 0 Å². The molecule has 152 valence electrons. The summed E-state index contributed by atoms with van der Waals surface area (Å²) in [6, 6.07) is 13.1. The van der Waals surface area contributed by atoms with Crippen LogP contribution >= 0.6 is 11.3 Å². The fourth-order valence-corrected chi connectivity index (χ4v) is 4.68. The molecule has 0 atom stereocenters. The third kappa shape index (κ3) is 5.15. The number of aryl methyl sites for hydroxylation is 1. The van der Waals surface area contributed by atoms with Crippen LogP contribution in [0, 0.1) is 6.92 Å². The van der Waals surface area contributed by atoms with E-state index in [1.807, 2.05) is 11.3 Å². The van der Waals surface area contributed by atoms with Crippen molar-refractivity contribution in [2.75, 3.05) is 39.9 Å². The third-order valence-corrected chi connectivity index (χ3v) is 6.60. The van der Waals surface area contributed by atoms with Crippen molar-refractivity contribution in [1.82, 2.24) is 10.2 Å². The summed E-state index contributed by atoms with van der Waals surface area (Å²) in [5, 5.41) is 5.63. The minimum atomic E-state index is 0.0683. The summed E-state index contributed by atoms with van der Waals surface area (Å²) >= 11 is 1.82. The number of nitrogens with zero attached hydrogens (tertiary/aromatic N) is 2. The second kappa shape index (κ2) is 10.1. The average molecular weight is 400 g/mol. The number of hydrogen-bond acceptors (Lipinski definition) is 3. The molecule has 4 nitrogen and oxygen atoms in total. The van der Waals surface area contributed by atoms with Gasteiger partial charge >= 0.3 is 0 Å². The second-order valence-electron chi connectivity index (χ2n) is 7.63. The molecular formula is C23H33N3OS. The molecule has 1 aliphatic rings. The first kappa shape index (κ1) is 20.9. The number of ether oxygens (including phenoxy) is 1. The summed E-state index contributed by atoms with van der Waals surface area (Å²) in [6.45, 7) is 8.62. The maximum atomic E-state index is 5.69. The summed E-state index contributed by atoms with van der Waals surface area (Å²) < 4.78 is 5.69. The summed E-state index contributed by atoms with van der Waals surface area (Å²) in [7, 11) is 2.14. The van der Waals surface area contributed by atoms with Gasteiger partial charge in [0, 0.05) is 43.6 Å². The van der Waals surface area contributed by atoms with Gasteiger partial charge in [-0.1, -0.05) is 30.3 Å². The van der Waals surface area contributed by atoms with E-state index in [4.69, 9.17) is 9.73 Å². The van der Waals surface area contributed by atoms with Crippen molar-refractivity contribution >= 4 is 17.3 Å². The SMILES string of the molecule is CCNC(=NCC1(c2ccccc2C)CCOCC1)N(C)CCc1cccs1. The quantitative estimate of drug-likeness (QED) is 0.559. The molecule has 2 aromatic rings. The number of rotatable bonds is 7. The Hall–Kier alpha value is -1.85. The Morgan fingerprint density at radius 2 is 2.00 bits per heavy atom. The normalized spacial score (nSPS) is 16.8. The Kier molecular flexibility index (Phi) is 7.51. The zero-order chi connectivity index (χ0) is 19.8. The van der Waals surface area contributed by atoms with Crippen LogP contribution in [0.1, 0.15) is 35.8 Å². The highest BCUT2D eigenvalue weighted by Crippen LogP contribution is 2.37. The molecule has 1 aliphatic heterocycles. The van der Waals surface area contributed by atoms with Crippen molar-refractivity contribution in [1.29, 1.82) is 0 Å². The molecule has 0 radical (unpaired) electrons. The van der Waals surface area contributed by atoms with E-state index in [2.05, 4.69) is 72.9 Å². The zero-order valence-corrected chi connectivity index (χ0v) is 18.2. The highest BCUT2D eigenvalue weighted by molar-refractivity contribution is 7.09. The summed E-state index contributed by atoms with van der Waals surface area (Å²) in [4.78, 5) is 8.78. The van der Waals surface area contributed by atoms with Gasteiger partial charge in [-0.3, -0.25) is 4.99 Å². The van der Waals surface area contributed by atoms with Gasteiger partial charge in [0.05, 0.1) is 6.54 Å². The molecule has 5 heteroatoms. The first-order valence-electron chi connectivity index (χ1n) is 10.3. The van der Waals surface area contributed by atoms with Crippen molar-refractivity contribution in [2.24, 2.45) is 4.99 Å². The molecule has 28 heavy (non-hydrogen) atoms. The highest BCUT2D eigenvalue weighted by atomic mass is 32.1. The van der Waals surface area contributed by atoms with E-state index in [-0.39, 0.29) is 5.41 Å². The Morgan fingerprint density at radius 3 is 2.68 bits per heavy atom.